The normalized spacial score (nSPS) is 25.5. The number of nitrogens with two attached hydrogens (primary N) is 2. The van der Waals surface area contributed by atoms with Crippen molar-refractivity contribution in [2.24, 2.45) is 23.3 Å². The first kappa shape index (κ1) is 25.6. The average Bonchev–Trinajstić information content (AvgIpc) is 3.26. The fourth-order valence-electron chi connectivity index (χ4n) is 4.78. The topological polar surface area (TPSA) is 145 Å². The lowest BCUT2D eigenvalue weighted by Gasteiger charge is -2.24. The van der Waals surface area contributed by atoms with Crippen LogP contribution in [0, 0.1) is 17.7 Å². The van der Waals surface area contributed by atoms with Gasteiger partial charge in [0.15, 0.2) is 0 Å². The number of nitrogens with zero attached hydrogens (tertiary/aromatic N) is 2. The number of likely N-dealkylation sites (tertiary alicyclic amines) is 1. The highest BCUT2D eigenvalue weighted by atomic mass is 19.1. The minimum atomic E-state index is -0.949. The number of primary amides is 1. The quantitative estimate of drug-likeness (QED) is 0.401. The van der Waals surface area contributed by atoms with Crippen LogP contribution in [-0.4, -0.2) is 65.0 Å². The highest BCUT2D eigenvalue weighted by Crippen LogP contribution is 2.40. The molecule has 0 bridgehead atoms. The first-order valence-corrected chi connectivity index (χ1v) is 12.1. The van der Waals surface area contributed by atoms with Crippen molar-refractivity contribution in [2.45, 2.75) is 57.5 Å². The summed E-state index contributed by atoms with van der Waals surface area (Å²) in [6.07, 6.45) is 3.20. The Balaban J connectivity index is 1.29. The van der Waals surface area contributed by atoms with E-state index in [-0.39, 0.29) is 56.1 Å². The Morgan fingerprint density at radius 2 is 2.00 bits per heavy atom. The number of rotatable bonds is 8. The summed E-state index contributed by atoms with van der Waals surface area (Å²) in [5, 5.41) is 0. The van der Waals surface area contributed by atoms with Gasteiger partial charge in [-0.1, -0.05) is 24.3 Å². The number of esters is 1. The standard InChI is InChI=1S/C25H31FN4O6/c1-2-35-24(33)17-9-14(17)5-4-8-20(27)23(32)30-12-16(10-21(30)22(28)31)36-25(34)29-11-15-6-3-7-19(26)18(15)13-29/h3-7,14,16-17,20-21H,2,8-13,27H2,1H3,(H2,28,31)/b5-4-/t14-,16-,17+,20+,21+/m1/s1. The first-order chi connectivity index (χ1) is 17.2. The second-order valence-corrected chi connectivity index (χ2v) is 9.41. The Labute approximate surface area is 208 Å². The minimum Gasteiger partial charge on any atom is -0.466 e. The van der Waals surface area contributed by atoms with Crippen molar-refractivity contribution in [1.82, 2.24) is 9.80 Å². The summed E-state index contributed by atoms with van der Waals surface area (Å²) in [7, 11) is 0. The van der Waals surface area contributed by atoms with Crippen LogP contribution in [0.1, 0.15) is 37.3 Å². The molecule has 10 nitrogen and oxygen atoms in total. The van der Waals surface area contributed by atoms with Crippen LogP contribution in [0.15, 0.2) is 30.4 Å². The summed E-state index contributed by atoms with van der Waals surface area (Å²) in [5.74, 6) is -1.87. The zero-order valence-corrected chi connectivity index (χ0v) is 20.1. The second kappa shape index (κ2) is 10.7. The van der Waals surface area contributed by atoms with Gasteiger partial charge in [-0.3, -0.25) is 19.3 Å². The molecule has 2 heterocycles. The van der Waals surface area contributed by atoms with Gasteiger partial charge in [-0.25, -0.2) is 9.18 Å². The van der Waals surface area contributed by atoms with Crippen LogP contribution in [0.3, 0.4) is 0 Å². The summed E-state index contributed by atoms with van der Waals surface area (Å²) >= 11 is 0. The molecule has 0 aromatic heterocycles. The molecule has 2 aliphatic heterocycles. The highest BCUT2D eigenvalue weighted by Gasteiger charge is 2.43. The van der Waals surface area contributed by atoms with Crippen molar-refractivity contribution < 1.29 is 33.0 Å². The van der Waals surface area contributed by atoms with E-state index in [1.54, 1.807) is 25.1 Å². The molecular weight excluding hydrogens is 471 g/mol. The lowest BCUT2D eigenvalue weighted by molar-refractivity contribution is -0.144. The molecule has 4 rings (SSSR count). The number of carbonyl (C=O) groups excluding carboxylic acids is 4. The molecule has 1 saturated carbocycles. The SMILES string of the molecule is CCOC(=O)[C@H]1C[C@H]1/C=C\C[C@H](N)C(=O)N1C[C@H](OC(=O)N2Cc3cccc(F)c3C2)C[C@H]1C(N)=O. The number of fused-ring (bicyclic) bond motifs is 1. The van der Waals surface area contributed by atoms with Crippen LogP contribution < -0.4 is 11.5 Å². The Kier molecular flexibility index (Phi) is 7.58. The maximum absolute atomic E-state index is 14.0. The molecule has 194 valence electrons. The van der Waals surface area contributed by atoms with E-state index in [2.05, 4.69) is 0 Å². The Hall–Kier alpha value is -3.47. The number of amides is 3. The van der Waals surface area contributed by atoms with Crippen LogP contribution in [0.25, 0.3) is 0 Å². The van der Waals surface area contributed by atoms with Crippen molar-refractivity contribution >= 4 is 23.9 Å². The predicted octanol–water partition coefficient (Wildman–Crippen LogP) is 1.21. The van der Waals surface area contributed by atoms with E-state index >= 15 is 0 Å². The summed E-state index contributed by atoms with van der Waals surface area (Å²) < 4.78 is 24.5. The van der Waals surface area contributed by atoms with Crippen LogP contribution in [0.4, 0.5) is 9.18 Å². The van der Waals surface area contributed by atoms with E-state index in [1.807, 2.05) is 6.08 Å². The molecule has 3 aliphatic rings. The van der Waals surface area contributed by atoms with Gasteiger partial charge in [0.2, 0.25) is 11.8 Å². The molecule has 4 N–H and O–H groups in total. The van der Waals surface area contributed by atoms with Crippen LogP contribution in [0.5, 0.6) is 0 Å². The minimum absolute atomic E-state index is 0.0156. The molecule has 3 amide bonds. The van der Waals surface area contributed by atoms with E-state index in [0.29, 0.717) is 24.2 Å². The smallest absolute Gasteiger partial charge is 0.410 e. The fourth-order valence-corrected chi connectivity index (χ4v) is 4.78. The lowest BCUT2D eigenvalue weighted by atomic mass is 10.1. The molecule has 36 heavy (non-hydrogen) atoms. The molecular formula is C25H31FN4O6. The monoisotopic (exact) mass is 502 g/mol. The van der Waals surface area contributed by atoms with Crippen LogP contribution in [0.2, 0.25) is 0 Å². The van der Waals surface area contributed by atoms with Gasteiger partial charge in [-0.2, -0.15) is 0 Å². The second-order valence-electron chi connectivity index (χ2n) is 9.41. The third-order valence-corrected chi connectivity index (χ3v) is 6.85. The molecule has 0 radical (unpaired) electrons. The molecule has 1 aromatic carbocycles. The zero-order chi connectivity index (χ0) is 26.0. The third kappa shape index (κ3) is 5.51. The summed E-state index contributed by atoms with van der Waals surface area (Å²) in [5.41, 5.74) is 12.7. The van der Waals surface area contributed by atoms with Gasteiger partial charge in [-0.15, -0.1) is 0 Å². The maximum atomic E-state index is 14.0. The fraction of sp³-hybridized carbons (Fsp3) is 0.520. The van der Waals surface area contributed by atoms with E-state index in [9.17, 15) is 23.6 Å². The van der Waals surface area contributed by atoms with Gasteiger partial charge < -0.3 is 25.8 Å². The van der Waals surface area contributed by atoms with Gasteiger partial charge in [0.05, 0.1) is 31.7 Å². The van der Waals surface area contributed by atoms with Gasteiger partial charge >= 0.3 is 12.1 Å². The van der Waals surface area contributed by atoms with Gasteiger partial charge in [0.1, 0.15) is 18.0 Å². The molecule has 1 aliphatic carbocycles. The van der Waals surface area contributed by atoms with Gasteiger partial charge in [0.25, 0.3) is 0 Å². The van der Waals surface area contributed by atoms with Crippen molar-refractivity contribution in [1.29, 1.82) is 0 Å². The number of hydrogen-bond donors (Lipinski definition) is 2. The number of halogens is 1. The maximum Gasteiger partial charge on any atom is 0.410 e. The Bertz CT molecular complexity index is 1080. The first-order valence-electron chi connectivity index (χ1n) is 12.1. The predicted molar refractivity (Wildman–Crippen MR) is 125 cm³/mol. The largest absolute Gasteiger partial charge is 0.466 e. The molecule has 1 saturated heterocycles. The van der Waals surface area contributed by atoms with Crippen molar-refractivity contribution in [3.8, 4) is 0 Å². The molecule has 11 heteroatoms. The third-order valence-electron chi connectivity index (χ3n) is 6.85. The summed E-state index contributed by atoms with van der Waals surface area (Å²) in [6.45, 7) is 2.38. The van der Waals surface area contributed by atoms with Crippen molar-refractivity contribution in [3.63, 3.8) is 0 Å². The van der Waals surface area contributed by atoms with E-state index < -0.39 is 36.1 Å². The molecule has 5 atom stereocenters. The lowest BCUT2D eigenvalue weighted by Crippen LogP contribution is -2.50. The Morgan fingerprint density at radius 1 is 1.22 bits per heavy atom. The number of hydrogen-bond acceptors (Lipinski definition) is 7. The van der Waals surface area contributed by atoms with Crippen molar-refractivity contribution in [2.75, 3.05) is 13.2 Å². The average molecular weight is 503 g/mol. The summed E-state index contributed by atoms with van der Waals surface area (Å²) in [6, 6.07) is 2.81. The van der Waals surface area contributed by atoms with Gasteiger partial charge in [0, 0.05) is 18.5 Å². The number of benzene rings is 1. The van der Waals surface area contributed by atoms with E-state index in [0.717, 1.165) is 0 Å². The number of ether oxygens (including phenoxy) is 2. The Morgan fingerprint density at radius 3 is 2.69 bits per heavy atom. The molecule has 1 aromatic rings. The van der Waals surface area contributed by atoms with Crippen LogP contribution in [-0.2, 0) is 36.9 Å². The molecule has 0 unspecified atom stereocenters. The van der Waals surface area contributed by atoms with Gasteiger partial charge in [-0.05, 0) is 37.3 Å². The van der Waals surface area contributed by atoms with E-state index in [1.165, 1.54) is 15.9 Å². The molecule has 0 spiro atoms. The van der Waals surface area contributed by atoms with Crippen LogP contribution >= 0.6 is 0 Å². The highest BCUT2D eigenvalue weighted by molar-refractivity contribution is 5.90. The van der Waals surface area contributed by atoms with Crippen molar-refractivity contribution in [3.05, 3.63) is 47.3 Å². The number of carbonyl (C=O) groups is 4. The number of allylic oxidation sites excluding steroid dienone is 1. The zero-order valence-electron chi connectivity index (χ0n) is 20.1. The van der Waals surface area contributed by atoms with E-state index in [4.69, 9.17) is 20.9 Å². The molecule has 2 fully saturated rings. The summed E-state index contributed by atoms with van der Waals surface area (Å²) in [4.78, 5) is 52.0.